The summed E-state index contributed by atoms with van der Waals surface area (Å²) < 4.78 is 4.77. The first kappa shape index (κ1) is 19.9. The van der Waals surface area contributed by atoms with Gasteiger partial charge < -0.3 is 19.9 Å². The minimum Gasteiger partial charge on any atom is -0.465 e. The Kier molecular flexibility index (Phi) is 7.64. The Labute approximate surface area is 142 Å². The summed E-state index contributed by atoms with van der Waals surface area (Å²) in [6, 6.07) is 0. The van der Waals surface area contributed by atoms with Crippen molar-refractivity contribution in [2.75, 3.05) is 33.3 Å². The molecule has 0 unspecified atom stereocenters. The average molecular weight is 337 g/mol. The van der Waals surface area contributed by atoms with Crippen LogP contribution in [0.15, 0.2) is 0 Å². The van der Waals surface area contributed by atoms with Crippen molar-refractivity contribution in [2.45, 2.75) is 34.1 Å². The van der Waals surface area contributed by atoms with Crippen molar-refractivity contribution in [3.8, 4) is 0 Å². The number of hydrogen-bond acceptors (Lipinski definition) is 5. The van der Waals surface area contributed by atoms with Gasteiger partial charge >= 0.3 is 5.97 Å². The summed E-state index contributed by atoms with van der Waals surface area (Å²) >= 11 is 0. The van der Waals surface area contributed by atoms with Crippen LogP contribution in [0.3, 0.4) is 0 Å². The zero-order valence-corrected chi connectivity index (χ0v) is 15.1. The highest BCUT2D eigenvalue weighted by atomic mass is 16.5. The Morgan fingerprint density at radius 3 is 2.33 bits per heavy atom. The van der Waals surface area contributed by atoms with E-state index in [1.165, 1.54) is 14.0 Å². The Bertz CT molecular complexity index is 603. The molecule has 134 valence electrons. The van der Waals surface area contributed by atoms with Crippen molar-refractivity contribution < 1.29 is 19.1 Å². The van der Waals surface area contributed by atoms with Gasteiger partial charge in [-0.3, -0.25) is 9.59 Å². The van der Waals surface area contributed by atoms with Crippen LogP contribution in [0.25, 0.3) is 0 Å². The second-order valence-corrected chi connectivity index (χ2v) is 5.58. The first-order valence-electron chi connectivity index (χ1n) is 8.15. The smallest absolute Gasteiger partial charge is 0.339 e. The molecule has 0 aliphatic carbocycles. The number of aromatic nitrogens is 1. The van der Waals surface area contributed by atoms with E-state index in [9.17, 15) is 14.4 Å². The number of nitrogens with zero attached hydrogens (tertiary/aromatic N) is 1. The Morgan fingerprint density at radius 1 is 1.21 bits per heavy atom. The molecule has 1 heterocycles. The average Bonchev–Trinajstić information content (AvgIpc) is 2.87. The number of Topliss-reactive ketones (excluding diaryl/α,β-unsaturated/α-hetero) is 1. The molecule has 0 aromatic carbocycles. The zero-order valence-electron chi connectivity index (χ0n) is 15.1. The molecular formula is C17H27N3O4. The van der Waals surface area contributed by atoms with Crippen molar-refractivity contribution in [1.82, 2.24) is 15.2 Å². The topological polar surface area (TPSA) is 91.5 Å². The molecule has 1 aromatic heterocycles. The van der Waals surface area contributed by atoms with Gasteiger partial charge in [0.2, 0.25) is 5.91 Å². The molecule has 2 N–H and O–H groups in total. The Morgan fingerprint density at radius 2 is 1.83 bits per heavy atom. The number of esters is 1. The monoisotopic (exact) mass is 337 g/mol. The molecule has 7 nitrogen and oxygen atoms in total. The SMILES string of the molecule is CCN(CC)CCNC(=O)Cc1[nH]c(C(C)=O)c(C)c1C(=O)OC. The van der Waals surface area contributed by atoms with Crippen LogP contribution in [0.4, 0.5) is 0 Å². The fourth-order valence-electron chi connectivity index (χ4n) is 2.64. The maximum atomic E-state index is 12.1. The van der Waals surface area contributed by atoms with Crippen molar-refractivity contribution in [3.63, 3.8) is 0 Å². The van der Waals surface area contributed by atoms with E-state index in [0.717, 1.165) is 19.6 Å². The molecule has 0 aliphatic heterocycles. The second kappa shape index (κ2) is 9.22. The highest BCUT2D eigenvalue weighted by Gasteiger charge is 2.24. The lowest BCUT2D eigenvalue weighted by molar-refractivity contribution is -0.120. The largest absolute Gasteiger partial charge is 0.465 e. The molecule has 0 radical (unpaired) electrons. The van der Waals surface area contributed by atoms with E-state index in [1.807, 2.05) is 0 Å². The summed E-state index contributed by atoms with van der Waals surface area (Å²) in [6.07, 6.45) is -0.00317. The van der Waals surface area contributed by atoms with Gasteiger partial charge in [-0.1, -0.05) is 13.8 Å². The maximum absolute atomic E-state index is 12.1. The van der Waals surface area contributed by atoms with E-state index in [4.69, 9.17) is 4.74 Å². The van der Waals surface area contributed by atoms with E-state index in [2.05, 4.69) is 29.0 Å². The highest BCUT2D eigenvalue weighted by Crippen LogP contribution is 2.20. The van der Waals surface area contributed by atoms with Gasteiger partial charge in [0.1, 0.15) is 0 Å². The van der Waals surface area contributed by atoms with Gasteiger partial charge in [-0.15, -0.1) is 0 Å². The molecule has 0 saturated carbocycles. The minimum atomic E-state index is -0.554. The van der Waals surface area contributed by atoms with Crippen LogP contribution >= 0.6 is 0 Å². The fraction of sp³-hybridized carbons (Fsp3) is 0.588. The lowest BCUT2D eigenvalue weighted by Crippen LogP contribution is -2.35. The normalized spacial score (nSPS) is 10.8. The van der Waals surface area contributed by atoms with Crippen LogP contribution in [0.5, 0.6) is 0 Å². The van der Waals surface area contributed by atoms with Gasteiger partial charge in [-0.2, -0.15) is 0 Å². The number of rotatable bonds is 9. The van der Waals surface area contributed by atoms with Gasteiger partial charge in [-0.05, 0) is 25.6 Å². The predicted octanol–water partition coefficient (Wildman–Crippen LogP) is 1.31. The number of carbonyl (C=O) groups excluding carboxylic acids is 3. The molecule has 0 aliphatic rings. The number of ketones is 1. The third kappa shape index (κ3) is 4.92. The second-order valence-electron chi connectivity index (χ2n) is 5.58. The first-order chi connectivity index (χ1) is 11.3. The molecule has 0 atom stereocenters. The molecule has 7 heteroatoms. The van der Waals surface area contributed by atoms with Crippen molar-refractivity contribution in [3.05, 3.63) is 22.5 Å². The van der Waals surface area contributed by atoms with Crippen LogP contribution in [0.1, 0.15) is 52.9 Å². The third-order valence-corrected chi connectivity index (χ3v) is 4.05. The summed E-state index contributed by atoms with van der Waals surface area (Å²) in [5.74, 6) is -0.948. The van der Waals surface area contributed by atoms with Crippen LogP contribution in [-0.2, 0) is 16.0 Å². The van der Waals surface area contributed by atoms with Crippen LogP contribution in [0, 0.1) is 6.92 Å². The minimum absolute atomic E-state index is 0.00317. The number of nitrogens with one attached hydrogen (secondary N) is 2. The number of aromatic amines is 1. The Hall–Kier alpha value is -2.15. The van der Waals surface area contributed by atoms with E-state index in [0.29, 0.717) is 23.5 Å². The summed E-state index contributed by atoms with van der Waals surface area (Å²) in [5, 5.41) is 2.83. The highest BCUT2D eigenvalue weighted by molar-refractivity contribution is 6.01. The third-order valence-electron chi connectivity index (χ3n) is 4.05. The number of methoxy groups -OCH3 is 1. The van der Waals surface area contributed by atoms with Crippen molar-refractivity contribution in [1.29, 1.82) is 0 Å². The molecule has 0 spiro atoms. The van der Waals surface area contributed by atoms with Crippen LogP contribution < -0.4 is 5.32 Å². The summed E-state index contributed by atoms with van der Waals surface area (Å²) in [5.41, 5.74) is 1.52. The van der Waals surface area contributed by atoms with Gasteiger partial charge in [0, 0.05) is 25.7 Å². The molecule has 1 aromatic rings. The van der Waals surface area contributed by atoms with Gasteiger partial charge in [-0.25, -0.2) is 4.79 Å². The van der Waals surface area contributed by atoms with Gasteiger partial charge in [0.25, 0.3) is 0 Å². The fourth-order valence-corrected chi connectivity index (χ4v) is 2.64. The standard InChI is InChI=1S/C17H27N3O4/c1-6-20(7-2)9-8-18-14(22)10-13-15(17(23)24-5)11(3)16(19-13)12(4)21/h19H,6-10H2,1-5H3,(H,18,22). The van der Waals surface area contributed by atoms with Crippen LogP contribution in [-0.4, -0.2) is 60.8 Å². The molecule has 0 bridgehead atoms. The molecule has 24 heavy (non-hydrogen) atoms. The van der Waals surface area contributed by atoms with E-state index < -0.39 is 5.97 Å². The molecule has 1 amide bonds. The van der Waals surface area contributed by atoms with Crippen molar-refractivity contribution in [2.24, 2.45) is 0 Å². The predicted molar refractivity (Wildman–Crippen MR) is 91.4 cm³/mol. The van der Waals surface area contributed by atoms with Gasteiger partial charge in [0.15, 0.2) is 5.78 Å². The number of ether oxygens (including phenoxy) is 1. The number of likely N-dealkylation sites (N-methyl/N-ethyl adjacent to an activating group) is 1. The van der Waals surface area contributed by atoms with Crippen molar-refractivity contribution >= 4 is 17.7 Å². The lowest BCUT2D eigenvalue weighted by Gasteiger charge is -2.17. The number of carbonyl (C=O) groups is 3. The van der Waals surface area contributed by atoms with E-state index >= 15 is 0 Å². The van der Waals surface area contributed by atoms with Crippen LogP contribution in [0.2, 0.25) is 0 Å². The molecule has 0 saturated heterocycles. The summed E-state index contributed by atoms with van der Waals surface area (Å²) in [7, 11) is 1.27. The molecule has 0 fully saturated rings. The van der Waals surface area contributed by atoms with E-state index in [-0.39, 0.29) is 23.7 Å². The number of hydrogen-bond donors (Lipinski definition) is 2. The molecular weight excluding hydrogens is 310 g/mol. The Balaban J connectivity index is 2.82. The number of amides is 1. The first-order valence-corrected chi connectivity index (χ1v) is 8.15. The quantitative estimate of drug-likeness (QED) is 0.524. The lowest BCUT2D eigenvalue weighted by atomic mass is 10.1. The van der Waals surface area contributed by atoms with E-state index in [1.54, 1.807) is 6.92 Å². The number of H-pyrrole nitrogens is 1. The van der Waals surface area contributed by atoms with Gasteiger partial charge in [0.05, 0.1) is 24.8 Å². The summed E-state index contributed by atoms with van der Waals surface area (Å²) in [4.78, 5) is 40.8. The summed E-state index contributed by atoms with van der Waals surface area (Å²) in [6.45, 7) is 10.4. The zero-order chi connectivity index (χ0) is 18.3. The maximum Gasteiger partial charge on any atom is 0.339 e. The molecule has 1 rings (SSSR count).